The van der Waals surface area contributed by atoms with Crippen LogP contribution in [0, 0.1) is 19.8 Å². The summed E-state index contributed by atoms with van der Waals surface area (Å²) < 4.78 is 0. The molecule has 2 unspecified atom stereocenters. The Balaban J connectivity index is 1.93. The van der Waals surface area contributed by atoms with Crippen molar-refractivity contribution >= 4 is 11.6 Å². The van der Waals surface area contributed by atoms with E-state index >= 15 is 0 Å². The number of aliphatic imine (C=N–C) groups is 1. The molecule has 0 amide bonds. The topological polar surface area (TPSA) is 50.4 Å². The molecule has 3 nitrogen and oxygen atoms in total. The van der Waals surface area contributed by atoms with E-state index in [1.807, 2.05) is 6.07 Å². The van der Waals surface area contributed by atoms with E-state index in [9.17, 15) is 0 Å². The van der Waals surface area contributed by atoms with Crippen LogP contribution >= 0.6 is 0 Å². The Morgan fingerprint density at radius 3 is 2.83 bits per heavy atom. The second kappa shape index (κ2) is 5.42. The van der Waals surface area contributed by atoms with Crippen molar-refractivity contribution in [3.63, 3.8) is 0 Å². The Kier molecular flexibility index (Phi) is 3.90. The maximum absolute atomic E-state index is 5.93. The summed E-state index contributed by atoms with van der Waals surface area (Å²) in [5.41, 5.74) is 9.51. The quantitative estimate of drug-likeness (QED) is 0.632. The summed E-state index contributed by atoms with van der Waals surface area (Å²) in [7, 11) is 0. The zero-order valence-corrected chi connectivity index (χ0v) is 11.5. The molecule has 2 atom stereocenters. The van der Waals surface area contributed by atoms with Gasteiger partial charge in [-0.05, 0) is 55.9 Å². The summed E-state index contributed by atoms with van der Waals surface area (Å²) in [5.74, 6) is 1.30. The van der Waals surface area contributed by atoms with Crippen molar-refractivity contribution in [1.82, 2.24) is 0 Å². The van der Waals surface area contributed by atoms with Gasteiger partial charge in [0, 0.05) is 5.69 Å². The number of nitrogens with two attached hydrogens (primary N) is 1. The highest BCUT2D eigenvalue weighted by molar-refractivity contribution is 5.92. The van der Waals surface area contributed by atoms with Gasteiger partial charge in [0.15, 0.2) is 5.96 Å². The fourth-order valence-electron chi connectivity index (χ4n) is 2.25. The lowest BCUT2D eigenvalue weighted by Gasteiger charge is -2.08. The summed E-state index contributed by atoms with van der Waals surface area (Å²) in [4.78, 5) is 4.52. The largest absolute Gasteiger partial charge is 0.370 e. The normalized spacial score (nSPS) is 22.9. The van der Waals surface area contributed by atoms with Gasteiger partial charge in [-0.3, -0.25) is 0 Å². The maximum Gasteiger partial charge on any atom is 0.193 e. The van der Waals surface area contributed by atoms with Crippen LogP contribution in [-0.2, 0) is 0 Å². The molecular weight excluding hydrogens is 222 g/mol. The van der Waals surface area contributed by atoms with Crippen LogP contribution in [0.2, 0.25) is 0 Å². The standard InChI is InChI=1S/C15H23N3/c1-4-5-12-9-14(12)18-15(16)17-13-7-6-10(2)11(3)8-13/h6-8,12,14H,4-5,9H2,1-3H3,(H3,16,17,18). The molecule has 0 aliphatic heterocycles. The molecule has 0 radical (unpaired) electrons. The van der Waals surface area contributed by atoms with Crippen LogP contribution in [0.15, 0.2) is 23.2 Å². The van der Waals surface area contributed by atoms with Gasteiger partial charge in [0.05, 0.1) is 6.04 Å². The number of aryl methyl sites for hydroxylation is 2. The van der Waals surface area contributed by atoms with E-state index in [-0.39, 0.29) is 0 Å². The molecule has 3 heteroatoms. The van der Waals surface area contributed by atoms with Crippen molar-refractivity contribution < 1.29 is 0 Å². The van der Waals surface area contributed by atoms with Crippen LogP contribution in [0.5, 0.6) is 0 Å². The Labute approximate surface area is 109 Å². The van der Waals surface area contributed by atoms with E-state index in [2.05, 4.69) is 43.2 Å². The van der Waals surface area contributed by atoms with Gasteiger partial charge in [-0.1, -0.05) is 19.4 Å². The van der Waals surface area contributed by atoms with E-state index in [1.54, 1.807) is 0 Å². The van der Waals surface area contributed by atoms with Gasteiger partial charge < -0.3 is 11.1 Å². The molecule has 1 fully saturated rings. The predicted octanol–water partition coefficient (Wildman–Crippen LogP) is 3.22. The van der Waals surface area contributed by atoms with Gasteiger partial charge >= 0.3 is 0 Å². The number of nitrogens with one attached hydrogen (secondary N) is 1. The van der Waals surface area contributed by atoms with Crippen LogP contribution in [-0.4, -0.2) is 12.0 Å². The lowest BCUT2D eigenvalue weighted by molar-refractivity contribution is 0.683. The molecule has 0 heterocycles. The molecule has 2 rings (SSSR count). The average molecular weight is 245 g/mol. The van der Waals surface area contributed by atoms with Crippen molar-refractivity contribution in [3.05, 3.63) is 29.3 Å². The summed E-state index contributed by atoms with van der Waals surface area (Å²) in [6.07, 6.45) is 3.70. The molecule has 0 spiro atoms. The van der Waals surface area contributed by atoms with E-state index in [0.717, 1.165) is 11.6 Å². The van der Waals surface area contributed by atoms with Crippen molar-refractivity contribution in [3.8, 4) is 0 Å². The van der Waals surface area contributed by atoms with Crippen LogP contribution < -0.4 is 11.1 Å². The highest BCUT2D eigenvalue weighted by Gasteiger charge is 2.35. The van der Waals surface area contributed by atoms with E-state index in [0.29, 0.717) is 12.0 Å². The first-order chi connectivity index (χ1) is 8.60. The fraction of sp³-hybridized carbons (Fsp3) is 0.533. The van der Waals surface area contributed by atoms with Crippen LogP contribution in [0.3, 0.4) is 0 Å². The van der Waals surface area contributed by atoms with Crippen LogP contribution in [0.1, 0.15) is 37.3 Å². The minimum atomic E-state index is 0.448. The number of hydrogen-bond acceptors (Lipinski definition) is 1. The summed E-state index contributed by atoms with van der Waals surface area (Å²) in [6, 6.07) is 6.70. The van der Waals surface area contributed by atoms with Crippen LogP contribution in [0.4, 0.5) is 5.69 Å². The number of hydrogen-bond donors (Lipinski definition) is 2. The van der Waals surface area contributed by atoms with E-state index in [4.69, 9.17) is 5.73 Å². The number of nitrogens with zero attached hydrogens (tertiary/aromatic N) is 1. The molecule has 1 saturated carbocycles. The van der Waals surface area contributed by atoms with E-state index < -0.39 is 0 Å². The number of rotatable bonds is 4. The van der Waals surface area contributed by atoms with Gasteiger partial charge in [0.1, 0.15) is 0 Å². The molecule has 98 valence electrons. The molecule has 3 N–H and O–H groups in total. The van der Waals surface area contributed by atoms with E-state index in [1.165, 1.54) is 30.4 Å². The van der Waals surface area contributed by atoms with Crippen LogP contribution in [0.25, 0.3) is 0 Å². The zero-order chi connectivity index (χ0) is 13.1. The molecule has 1 aliphatic carbocycles. The monoisotopic (exact) mass is 245 g/mol. The fourth-order valence-corrected chi connectivity index (χ4v) is 2.25. The first-order valence-electron chi connectivity index (χ1n) is 6.77. The Morgan fingerprint density at radius 1 is 1.39 bits per heavy atom. The molecule has 1 aromatic rings. The summed E-state index contributed by atoms with van der Waals surface area (Å²) >= 11 is 0. The van der Waals surface area contributed by atoms with Crippen molar-refractivity contribution in [2.24, 2.45) is 16.6 Å². The van der Waals surface area contributed by atoms with Gasteiger partial charge in [-0.25, -0.2) is 4.99 Å². The molecule has 1 aliphatic rings. The molecule has 18 heavy (non-hydrogen) atoms. The molecule has 1 aromatic carbocycles. The number of guanidine groups is 1. The highest BCUT2D eigenvalue weighted by atomic mass is 15.1. The smallest absolute Gasteiger partial charge is 0.193 e. The predicted molar refractivity (Wildman–Crippen MR) is 78.0 cm³/mol. The minimum absolute atomic E-state index is 0.448. The third-order valence-corrected chi connectivity index (χ3v) is 3.63. The second-order valence-corrected chi connectivity index (χ2v) is 5.29. The third-order valence-electron chi connectivity index (χ3n) is 3.63. The number of anilines is 1. The van der Waals surface area contributed by atoms with Gasteiger partial charge in [-0.2, -0.15) is 0 Å². The minimum Gasteiger partial charge on any atom is -0.370 e. The SMILES string of the molecule is CCCC1CC1N=C(N)Nc1ccc(C)c(C)c1. The molecule has 0 bridgehead atoms. The lowest BCUT2D eigenvalue weighted by Crippen LogP contribution is -2.23. The average Bonchev–Trinajstić information content (AvgIpc) is 3.02. The zero-order valence-electron chi connectivity index (χ0n) is 11.5. The molecule has 0 saturated heterocycles. The highest BCUT2D eigenvalue weighted by Crippen LogP contribution is 2.37. The molecule has 0 aromatic heterocycles. The first kappa shape index (κ1) is 12.9. The Bertz CT molecular complexity index is 451. The van der Waals surface area contributed by atoms with Gasteiger partial charge in [0.2, 0.25) is 0 Å². The second-order valence-electron chi connectivity index (χ2n) is 5.29. The Hall–Kier alpha value is -1.51. The van der Waals surface area contributed by atoms with Crippen molar-refractivity contribution in [2.75, 3.05) is 5.32 Å². The van der Waals surface area contributed by atoms with Gasteiger partial charge in [-0.15, -0.1) is 0 Å². The lowest BCUT2D eigenvalue weighted by atomic mass is 10.1. The first-order valence-corrected chi connectivity index (χ1v) is 6.77. The third kappa shape index (κ3) is 3.25. The van der Waals surface area contributed by atoms with Gasteiger partial charge in [0.25, 0.3) is 0 Å². The van der Waals surface area contributed by atoms with Crippen molar-refractivity contribution in [1.29, 1.82) is 0 Å². The summed E-state index contributed by atoms with van der Waals surface area (Å²) in [5, 5.41) is 3.17. The number of benzene rings is 1. The summed E-state index contributed by atoms with van der Waals surface area (Å²) in [6.45, 7) is 6.43. The molecular formula is C15H23N3. The Morgan fingerprint density at radius 2 is 2.17 bits per heavy atom. The maximum atomic E-state index is 5.93. The van der Waals surface area contributed by atoms with Crippen molar-refractivity contribution in [2.45, 2.75) is 46.1 Å².